The van der Waals surface area contributed by atoms with Crippen LogP contribution in [0.4, 0.5) is 0 Å². The number of benzene rings is 1. The Morgan fingerprint density at radius 2 is 1.79 bits per heavy atom. The SMILES string of the molecule is O=C(N1CC[C@](O)(CN2CCOCC2)C1)C1(c2ccccc2)CC1. The molecule has 1 aliphatic carbocycles. The summed E-state index contributed by atoms with van der Waals surface area (Å²) in [6, 6.07) is 10.1. The highest BCUT2D eigenvalue weighted by atomic mass is 16.5. The second kappa shape index (κ2) is 6.14. The molecule has 0 bridgehead atoms. The van der Waals surface area contributed by atoms with Gasteiger partial charge in [0.25, 0.3) is 0 Å². The van der Waals surface area contributed by atoms with Crippen molar-refractivity contribution in [1.29, 1.82) is 0 Å². The Balaban J connectivity index is 1.42. The highest BCUT2D eigenvalue weighted by molar-refractivity contribution is 5.91. The van der Waals surface area contributed by atoms with Gasteiger partial charge in [0.2, 0.25) is 5.91 Å². The van der Waals surface area contributed by atoms with E-state index in [2.05, 4.69) is 17.0 Å². The molecule has 1 amide bonds. The maximum absolute atomic E-state index is 13.1. The Morgan fingerprint density at radius 1 is 1.08 bits per heavy atom. The molecule has 0 aromatic heterocycles. The summed E-state index contributed by atoms with van der Waals surface area (Å²) in [5, 5.41) is 10.9. The predicted molar refractivity (Wildman–Crippen MR) is 90.8 cm³/mol. The van der Waals surface area contributed by atoms with E-state index in [1.807, 2.05) is 23.1 Å². The Labute approximate surface area is 143 Å². The van der Waals surface area contributed by atoms with E-state index >= 15 is 0 Å². The number of likely N-dealkylation sites (tertiary alicyclic amines) is 1. The molecule has 0 unspecified atom stereocenters. The largest absolute Gasteiger partial charge is 0.387 e. The summed E-state index contributed by atoms with van der Waals surface area (Å²) >= 11 is 0. The van der Waals surface area contributed by atoms with Gasteiger partial charge in [-0.25, -0.2) is 0 Å². The second-order valence-electron chi connectivity index (χ2n) is 7.54. The van der Waals surface area contributed by atoms with Crippen LogP contribution in [0.1, 0.15) is 24.8 Å². The lowest BCUT2D eigenvalue weighted by Crippen LogP contribution is -2.49. The van der Waals surface area contributed by atoms with E-state index in [1.165, 1.54) is 0 Å². The molecule has 2 saturated heterocycles. The van der Waals surface area contributed by atoms with E-state index in [4.69, 9.17) is 4.74 Å². The molecule has 3 fully saturated rings. The molecular formula is C19H26N2O3. The summed E-state index contributed by atoms with van der Waals surface area (Å²) in [5.74, 6) is 0.201. The molecule has 1 aromatic carbocycles. The van der Waals surface area contributed by atoms with Crippen LogP contribution >= 0.6 is 0 Å². The van der Waals surface area contributed by atoms with Crippen molar-refractivity contribution in [2.24, 2.45) is 0 Å². The third-order valence-electron chi connectivity index (χ3n) is 5.73. The van der Waals surface area contributed by atoms with E-state index in [0.29, 0.717) is 26.1 Å². The first-order valence-corrected chi connectivity index (χ1v) is 8.99. The smallest absolute Gasteiger partial charge is 0.233 e. The van der Waals surface area contributed by atoms with Crippen molar-refractivity contribution >= 4 is 5.91 Å². The predicted octanol–water partition coefficient (Wildman–Crippen LogP) is 1.01. The second-order valence-corrected chi connectivity index (χ2v) is 7.54. The molecule has 1 atom stereocenters. The average molecular weight is 330 g/mol. The van der Waals surface area contributed by atoms with Gasteiger partial charge < -0.3 is 14.7 Å². The molecule has 5 nitrogen and oxygen atoms in total. The van der Waals surface area contributed by atoms with Crippen molar-refractivity contribution in [3.8, 4) is 0 Å². The molecule has 130 valence electrons. The van der Waals surface area contributed by atoms with Crippen LogP contribution in [-0.4, -0.2) is 72.4 Å². The van der Waals surface area contributed by atoms with Gasteiger partial charge in [-0.15, -0.1) is 0 Å². The van der Waals surface area contributed by atoms with E-state index < -0.39 is 5.60 Å². The monoisotopic (exact) mass is 330 g/mol. The minimum Gasteiger partial charge on any atom is -0.387 e. The summed E-state index contributed by atoms with van der Waals surface area (Å²) in [6.07, 6.45) is 2.52. The molecule has 4 rings (SSSR count). The highest BCUT2D eigenvalue weighted by Crippen LogP contribution is 2.50. The lowest BCUT2D eigenvalue weighted by atomic mass is 9.94. The number of hydrogen-bond acceptors (Lipinski definition) is 4. The Hall–Kier alpha value is -1.43. The van der Waals surface area contributed by atoms with Gasteiger partial charge in [0.1, 0.15) is 0 Å². The number of amides is 1. The molecule has 3 aliphatic rings. The van der Waals surface area contributed by atoms with Crippen LogP contribution in [0.25, 0.3) is 0 Å². The van der Waals surface area contributed by atoms with E-state index in [0.717, 1.165) is 44.7 Å². The van der Waals surface area contributed by atoms with Crippen molar-refractivity contribution in [2.45, 2.75) is 30.3 Å². The topological polar surface area (TPSA) is 53.0 Å². The molecule has 1 N–H and O–H groups in total. The fourth-order valence-electron chi connectivity index (χ4n) is 4.15. The molecule has 24 heavy (non-hydrogen) atoms. The standard InChI is InChI=1S/C19H26N2O3/c22-17(19(6-7-19)16-4-2-1-3-5-16)21-9-8-18(23,15-21)14-20-10-12-24-13-11-20/h1-5,23H,6-15H2/t18-/m0/s1. The number of rotatable bonds is 4. The highest BCUT2D eigenvalue weighted by Gasteiger charge is 2.55. The molecule has 5 heteroatoms. The maximum atomic E-state index is 13.1. The Bertz CT molecular complexity index is 596. The van der Waals surface area contributed by atoms with Gasteiger partial charge in [-0.05, 0) is 24.8 Å². The minimum atomic E-state index is -0.778. The summed E-state index contributed by atoms with van der Waals surface area (Å²) in [7, 11) is 0. The average Bonchev–Trinajstić information content (AvgIpc) is 3.34. The number of carbonyl (C=O) groups is 1. The first-order valence-electron chi connectivity index (χ1n) is 8.99. The molecule has 1 aromatic rings. The first-order chi connectivity index (χ1) is 11.6. The number of morpholine rings is 1. The van der Waals surface area contributed by atoms with Gasteiger partial charge in [-0.1, -0.05) is 30.3 Å². The third-order valence-corrected chi connectivity index (χ3v) is 5.73. The zero-order valence-electron chi connectivity index (χ0n) is 14.1. The third kappa shape index (κ3) is 2.96. The van der Waals surface area contributed by atoms with Crippen LogP contribution in [-0.2, 0) is 14.9 Å². The van der Waals surface area contributed by atoms with Crippen molar-refractivity contribution in [1.82, 2.24) is 9.80 Å². The van der Waals surface area contributed by atoms with Crippen molar-refractivity contribution in [3.63, 3.8) is 0 Å². The molecule has 2 aliphatic heterocycles. The summed E-state index contributed by atoms with van der Waals surface area (Å²) in [5.41, 5.74) is 0.0178. The molecule has 2 heterocycles. The van der Waals surface area contributed by atoms with Gasteiger partial charge >= 0.3 is 0 Å². The van der Waals surface area contributed by atoms with Crippen molar-refractivity contribution < 1.29 is 14.6 Å². The fraction of sp³-hybridized carbons (Fsp3) is 0.632. The van der Waals surface area contributed by atoms with Gasteiger partial charge in [-0.3, -0.25) is 9.69 Å². The summed E-state index contributed by atoms with van der Waals surface area (Å²) < 4.78 is 5.37. The number of nitrogens with zero attached hydrogens (tertiary/aromatic N) is 2. The van der Waals surface area contributed by atoms with Crippen LogP contribution in [0.15, 0.2) is 30.3 Å². The Kier molecular flexibility index (Phi) is 4.11. The summed E-state index contributed by atoms with van der Waals surface area (Å²) in [4.78, 5) is 17.2. The van der Waals surface area contributed by atoms with Gasteiger partial charge in [-0.2, -0.15) is 0 Å². The first kappa shape index (κ1) is 16.1. The molecular weight excluding hydrogens is 304 g/mol. The van der Waals surface area contributed by atoms with Crippen LogP contribution in [0, 0.1) is 0 Å². The molecule has 0 spiro atoms. The molecule has 0 radical (unpaired) electrons. The van der Waals surface area contributed by atoms with Crippen LogP contribution in [0.5, 0.6) is 0 Å². The molecule has 1 saturated carbocycles. The van der Waals surface area contributed by atoms with Crippen molar-refractivity contribution in [3.05, 3.63) is 35.9 Å². The quantitative estimate of drug-likeness (QED) is 0.895. The number of hydrogen-bond donors (Lipinski definition) is 1. The van der Waals surface area contributed by atoms with Crippen LogP contribution in [0.2, 0.25) is 0 Å². The number of ether oxygens (including phenoxy) is 1. The van der Waals surface area contributed by atoms with Gasteiger partial charge in [0.15, 0.2) is 0 Å². The minimum absolute atomic E-state index is 0.201. The maximum Gasteiger partial charge on any atom is 0.233 e. The van der Waals surface area contributed by atoms with E-state index in [1.54, 1.807) is 0 Å². The van der Waals surface area contributed by atoms with E-state index in [9.17, 15) is 9.90 Å². The fourth-order valence-corrected chi connectivity index (χ4v) is 4.15. The number of carbonyl (C=O) groups excluding carboxylic acids is 1. The van der Waals surface area contributed by atoms with Crippen LogP contribution in [0.3, 0.4) is 0 Å². The van der Waals surface area contributed by atoms with Crippen LogP contribution < -0.4 is 0 Å². The van der Waals surface area contributed by atoms with Crippen molar-refractivity contribution in [2.75, 3.05) is 45.9 Å². The zero-order valence-corrected chi connectivity index (χ0v) is 14.1. The number of β-amino-alcohol motifs (C(OH)–C–C–N with tert-alkyl or cyclic N) is 1. The summed E-state index contributed by atoms with van der Waals surface area (Å²) in [6.45, 7) is 4.95. The lowest BCUT2D eigenvalue weighted by Gasteiger charge is -2.34. The van der Waals surface area contributed by atoms with E-state index in [-0.39, 0.29) is 11.3 Å². The Morgan fingerprint density at radius 3 is 2.46 bits per heavy atom. The normalized spacial score (nSPS) is 29.6. The zero-order chi connectivity index (χ0) is 16.6. The van der Waals surface area contributed by atoms with Gasteiger partial charge in [0, 0.05) is 26.2 Å². The lowest BCUT2D eigenvalue weighted by molar-refractivity contribution is -0.134. The number of aliphatic hydroxyl groups is 1. The van der Waals surface area contributed by atoms with Gasteiger partial charge in [0.05, 0.1) is 30.8 Å².